The van der Waals surface area contributed by atoms with Crippen molar-refractivity contribution in [2.75, 3.05) is 27.2 Å². The number of nitrogens with zero attached hydrogens (tertiary/aromatic N) is 2. The molecular weight excluding hydrogens is 328 g/mol. The molecule has 124 valence electrons. The minimum atomic E-state index is -3.41. The Morgan fingerprint density at radius 1 is 1.22 bits per heavy atom. The Kier molecular flexibility index (Phi) is 4.60. The molecule has 1 fully saturated rings. The van der Waals surface area contributed by atoms with Crippen LogP contribution in [-0.2, 0) is 10.0 Å². The summed E-state index contributed by atoms with van der Waals surface area (Å²) in [7, 11) is 0.591. The fourth-order valence-electron chi connectivity index (χ4n) is 3.04. The van der Waals surface area contributed by atoms with E-state index in [1.54, 1.807) is 21.7 Å². The monoisotopic (exact) mass is 350 g/mol. The van der Waals surface area contributed by atoms with Crippen LogP contribution in [0.25, 0.3) is 11.1 Å². The van der Waals surface area contributed by atoms with Crippen LogP contribution in [0.4, 0.5) is 0 Å². The van der Waals surface area contributed by atoms with Crippen molar-refractivity contribution in [1.29, 1.82) is 0 Å². The third-order valence-corrected chi connectivity index (χ3v) is 7.21. The number of hydrogen-bond acceptors (Lipinski definition) is 4. The van der Waals surface area contributed by atoms with Gasteiger partial charge >= 0.3 is 0 Å². The van der Waals surface area contributed by atoms with Gasteiger partial charge in [0.2, 0.25) is 10.0 Å². The highest BCUT2D eigenvalue weighted by atomic mass is 32.2. The Morgan fingerprint density at radius 2 is 2.00 bits per heavy atom. The van der Waals surface area contributed by atoms with Crippen LogP contribution in [0, 0.1) is 6.92 Å². The Hall–Kier alpha value is -1.21. The fourth-order valence-corrected chi connectivity index (χ4v) is 5.40. The zero-order chi connectivity index (χ0) is 16.6. The Labute approximate surface area is 142 Å². The Balaban J connectivity index is 1.89. The molecule has 1 aliphatic heterocycles. The number of sulfonamides is 1. The zero-order valence-corrected chi connectivity index (χ0v) is 15.3. The van der Waals surface area contributed by atoms with Crippen molar-refractivity contribution < 1.29 is 8.42 Å². The summed E-state index contributed by atoms with van der Waals surface area (Å²) < 4.78 is 27.5. The molecule has 0 N–H and O–H groups in total. The molecular formula is C17H22N2O2S2. The first-order valence-electron chi connectivity index (χ1n) is 7.69. The van der Waals surface area contributed by atoms with Gasteiger partial charge in [0.1, 0.15) is 0 Å². The smallest absolute Gasteiger partial charge is 0.243 e. The molecule has 0 amide bonds. The second-order valence-corrected chi connectivity index (χ2v) is 8.95. The number of aryl methyl sites for hydroxylation is 1. The molecule has 1 saturated heterocycles. The van der Waals surface area contributed by atoms with Gasteiger partial charge in [-0.05, 0) is 67.0 Å². The van der Waals surface area contributed by atoms with Gasteiger partial charge in [0.05, 0.1) is 4.90 Å². The standard InChI is InChI=1S/C17H22N2O2S2/c1-13-10-14(15-7-9-22-12-15)4-5-17(13)23(20,21)19-8-6-16(11-19)18(2)3/h4-5,7,9-10,12,16H,6,8,11H2,1-3H3/t16-/m1/s1. The summed E-state index contributed by atoms with van der Waals surface area (Å²) in [5.74, 6) is 0. The van der Waals surface area contributed by atoms with E-state index < -0.39 is 10.0 Å². The van der Waals surface area contributed by atoms with Gasteiger partial charge in [-0.25, -0.2) is 8.42 Å². The first-order chi connectivity index (χ1) is 10.9. The van der Waals surface area contributed by atoms with E-state index >= 15 is 0 Å². The van der Waals surface area contributed by atoms with E-state index in [0.717, 1.165) is 23.1 Å². The van der Waals surface area contributed by atoms with Crippen LogP contribution in [0.5, 0.6) is 0 Å². The average molecular weight is 351 g/mol. The number of likely N-dealkylation sites (N-methyl/N-ethyl adjacent to an activating group) is 1. The van der Waals surface area contributed by atoms with Gasteiger partial charge in [-0.3, -0.25) is 0 Å². The van der Waals surface area contributed by atoms with Crippen LogP contribution >= 0.6 is 11.3 Å². The largest absolute Gasteiger partial charge is 0.305 e. The van der Waals surface area contributed by atoms with E-state index in [4.69, 9.17) is 0 Å². The maximum absolute atomic E-state index is 12.9. The molecule has 2 aromatic rings. The van der Waals surface area contributed by atoms with E-state index in [1.165, 1.54) is 0 Å². The van der Waals surface area contributed by atoms with Gasteiger partial charge in [0, 0.05) is 19.1 Å². The molecule has 6 heteroatoms. The first kappa shape index (κ1) is 16.6. The van der Waals surface area contributed by atoms with Crippen LogP contribution in [0.3, 0.4) is 0 Å². The molecule has 1 aromatic heterocycles. The van der Waals surface area contributed by atoms with Crippen molar-refractivity contribution in [3.05, 3.63) is 40.6 Å². The molecule has 4 nitrogen and oxygen atoms in total. The summed E-state index contributed by atoms with van der Waals surface area (Å²) in [6, 6.07) is 7.97. The summed E-state index contributed by atoms with van der Waals surface area (Å²) in [6.07, 6.45) is 0.887. The molecule has 1 atom stereocenters. The predicted molar refractivity (Wildman–Crippen MR) is 95.3 cm³/mol. The van der Waals surface area contributed by atoms with E-state index in [9.17, 15) is 8.42 Å². The van der Waals surface area contributed by atoms with Gasteiger partial charge in [0.25, 0.3) is 0 Å². The first-order valence-corrected chi connectivity index (χ1v) is 10.1. The average Bonchev–Trinajstić information content (AvgIpc) is 3.18. The normalized spacial score (nSPS) is 19.6. The molecule has 0 saturated carbocycles. The summed E-state index contributed by atoms with van der Waals surface area (Å²) in [5, 5.41) is 4.10. The zero-order valence-electron chi connectivity index (χ0n) is 13.7. The van der Waals surface area contributed by atoms with E-state index in [2.05, 4.69) is 16.3 Å². The van der Waals surface area contributed by atoms with Crippen molar-refractivity contribution >= 4 is 21.4 Å². The molecule has 1 aliphatic rings. The third-order valence-electron chi connectivity index (χ3n) is 4.50. The summed E-state index contributed by atoms with van der Waals surface area (Å²) in [4.78, 5) is 2.53. The lowest BCUT2D eigenvalue weighted by Crippen LogP contribution is -2.34. The lowest BCUT2D eigenvalue weighted by molar-refractivity contribution is 0.302. The Bertz CT molecular complexity index is 783. The van der Waals surface area contributed by atoms with E-state index in [1.807, 2.05) is 38.5 Å². The quantitative estimate of drug-likeness (QED) is 0.851. The van der Waals surface area contributed by atoms with Gasteiger partial charge in [-0.1, -0.05) is 12.1 Å². The maximum Gasteiger partial charge on any atom is 0.243 e. The van der Waals surface area contributed by atoms with Crippen molar-refractivity contribution in [3.8, 4) is 11.1 Å². The van der Waals surface area contributed by atoms with E-state index in [0.29, 0.717) is 24.0 Å². The Morgan fingerprint density at radius 3 is 2.57 bits per heavy atom. The van der Waals surface area contributed by atoms with Gasteiger partial charge < -0.3 is 4.90 Å². The highest BCUT2D eigenvalue weighted by Gasteiger charge is 2.34. The van der Waals surface area contributed by atoms with E-state index in [-0.39, 0.29) is 0 Å². The van der Waals surface area contributed by atoms with Crippen LogP contribution in [0.15, 0.2) is 39.9 Å². The fraction of sp³-hybridized carbons (Fsp3) is 0.412. The minimum Gasteiger partial charge on any atom is -0.305 e. The molecule has 3 rings (SSSR count). The third kappa shape index (κ3) is 3.21. The number of benzene rings is 1. The molecule has 23 heavy (non-hydrogen) atoms. The SMILES string of the molecule is Cc1cc(-c2ccsc2)ccc1S(=O)(=O)N1CC[C@@H](N(C)C)C1. The number of rotatable bonds is 4. The molecule has 0 spiro atoms. The molecule has 0 aliphatic carbocycles. The van der Waals surface area contributed by atoms with Gasteiger partial charge in [-0.15, -0.1) is 0 Å². The molecule has 1 aromatic carbocycles. The molecule has 0 radical (unpaired) electrons. The minimum absolute atomic E-state index is 0.301. The summed E-state index contributed by atoms with van der Waals surface area (Å²) >= 11 is 1.64. The van der Waals surface area contributed by atoms with Gasteiger partial charge in [0.15, 0.2) is 0 Å². The lowest BCUT2D eigenvalue weighted by atomic mass is 10.1. The highest BCUT2D eigenvalue weighted by molar-refractivity contribution is 7.89. The molecule has 0 unspecified atom stereocenters. The second kappa shape index (κ2) is 6.36. The molecule has 2 heterocycles. The van der Waals surface area contributed by atoms with Crippen LogP contribution < -0.4 is 0 Å². The second-order valence-electron chi connectivity index (χ2n) is 6.26. The van der Waals surface area contributed by atoms with Crippen LogP contribution in [0.1, 0.15) is 12.0 Å². The lowest BCUT2D eigenvalue weighted by Gasteiger charge is -2.21. The van der Waals surface area contributed by atoms with Crippen LogP contribution in [-0.4, -0.2) is 50.8 Å². The van der Waals surface area contributed by atoms with Crippen molar-refractivity contribution in [3.63, 3.8) is 0 Å². The maximum atomic E-state index is 12.9. The predicted octanol–water partition coefficient (Wildman–Crippen LogP) is 3.05. The molecule has 0 bridgehead atoms. The van der Waals surface area contributed by atoms with Crippen molar-refractivity contribution in [2.24, 2.45) is 0 Å². The van der Waals surface area contributed by atoms with Crippen LogP contribution in [0.2, 0.25) is 0 Å². The summed E-state index contributed by atoms with van der Waals surface area (Å²) in [5.41, 5.74) is 3.01. The van der Waals surface area contributed by atoms with Gasteiger partial charge in [-0.2, -0.15) is 15.6 Å². The summed E-state index contributed by atoms with van der Waals surface area (Å²) in [6.45, 7) is 3.04. The van der Waals surface area contributed by atoms with Crippen molar-refractivity contribution in [1.82, 2.24) is 9.21 Å². The number of hydrogen-bond donors (Lipinski definition) is 0. The number of thiophene rings is 1. The highest BCUT2D eigenvalue weighted by Crippen LogP contribution is 2.29. The topological polar surface area (TPSA) is 40.6 Å². The van der Waals surface area contributed by atoms with Crippen molar-refractivity contribution in [2.45, 2.75) is 24.3 Å².